The largest absolute Gasteiger partial charge is 0.384 e. The van der Waals surface area contributed by atoms with E-state index in [-0.39, 0.29) is 30.6 Å². The van der Waals surface area contributed by atoms with Crippen molar-refractivity contribution in [2.24, 2.45) is 0 Å². The molecule has 0 aliphatic heterocycles. The summed E-state index contributed by atoms with van der Waals surface area (Å²) >= 11 is 1.63. The fraction of sp³-hybridized carbons (Fsp3) is 0.278. The third-order valence-electron chi connectivity index (χ3n) is 3.52. The molecule has 0 radical (unpaired) electrons. The third kappa shape index (κ3) is 7.33. The van der Waals surface area contributed by atoms with Crippen LogP contribution in [0.25, 0.3) is 0 Å². The van der Waals surface area contributed by atoms with E-state index >= 15 is 0 Å². The first-order valence-corrected chi connectivity index (χ1v) is 9.32. The van der Waals surface area contributed by atoms with Crippen LogP contribution < -0.4 is 16.4 Å². The van der Waals surface area contributed by atoms with Gasteiger partial charge in [-0.1, -0.05) is 30.3 Å². The molecule has 6 nitrogen and oxygen atoms in total. The number of nitrogens with one attached hydrogen (secondary N) is 2. The van der Waals surface area contributed by atoms with Crippen molar-refractivity contribution in [3.63, 3.8) is 0 Å². The number of hydrogen-bond donors (Lipinski definition) is 3. The number of aromatic nitrogens is 1. The van der Waals surface area contributed by atoms with Gasteiger partial charge in [-0.3, -0.25) is 9.59 Å². The maximum Gasteiger partial charge on any atom is 0.247 e. The van der Waals surface area contributed by atoms with E-state index in [1.54, 1.807) is 23.9 Å². The number of benzene rings is 1. The average Bonchev–Trinajstić information content (AvgIpc) is 2.61. The van der Waals surface area contributed by atoms with E-state index in [1.165, 1.54) is 6.20 Å². The van der Waals surface area contributed by atoms with Crippen molar-refractivity contribution in [2.45, 2.75) is 18.9 Å². The Bertz CT molecular complexity index is 698. The molecule has 1 aromatic heterocycles. The van der Waals surface area contributed by atoms with Crippen LogP contribution in [0.4, 0.5) is 11.5 Å². The predicted octanol–water partition coefficient (Wildman–Crippen LogP) is 2.50. The van der Waals surface area contributed by atoms with E-state index in [9.17, 15) is 9.59 Å². The van der Waals surface area contributed by atoms with Crippen LogP contribution >= 0.6 is 24.2 Å². The highest BCUT2D eigenvalue weighted by molar-refractivity contribution is 7.98. The summed E-state index contributed by atoms with van der Waals surface area (Å²) in [5.41, 5.74) is 6.99. The normalized spacial score (nSPS) is 11.1. The summed E-state index contributed by atoms with van der Waals surface area (Å²) in [6.07, 6.45) is 4.25. The minimum atomic E-state index is -0.596. The van der Waals surface area contributed by atoms with Crippen molar-refractivity contribution >= 4 is 47.5 Å². The molecule has 0 saturated heterocycles. The van der Waals surface area contributed by atoms with E-state index in [2.05, 4.69) is 15.6 Å². The van der Waals surface area contributed by atoms with Crippen LogP contribution in [-0.4, -0.2) is 34.8 Å². The fourth-order valence-corrected chi connectivity index (χ4v) is 2.71. The molecule has 26 heavy (non-hydrogen) atoms. The molecule has 8 heteroatoms. The summed E-state index contributed by atoms with van der Waals surface area (Å²) in [7, 11) is 0. The quantitative estimate of drug-likeness (QED) is 0.639. The Hall–Kier alpha value is -2.25. The van der Waals surface area contributed by atoms with E-state index in [1.807, 2.05) is 36.6 Å². The Labute approximate surface area is 163 Å². The SMILES string of the molecule is CSCCC(NC(=O)Cc1ccccc1)C(=O)Nc1ccc(N)nc1.Cl. The van der Waals surface area contributed by atoms with Crippen LogP contribution in [0, 0.1) is 0 Å². The van der Waals surface area contributed by atoms with Gasteiger partial charge in [0.2, 0.25) is 11.8 Å². The minimum absolute atomic E-state index is 0. The summed E-state index contributed by atoms with van der Waals surface area (Å²) in [5.74, 6) is 0.710. The Morgan fingerprint density at radius 1 is 1.19 bits per heavy atom. The van der Waals surface area contributed by atoms with Crippen LogP contribution in [0.3, 0.4) is 0 Å². The first-order chi connectivity index (χ1) is 12.1. The van der Waals surface area contributed by atoms with Crippen LogP contribution in [0.1, 0.15) is 12.0 Å². The molecule has 2 amide bonds. The molecule has 2 aromatic rings. The van der Waals surface area contributed by atoms with Crippen molar-refractivity contribution in [1.82, 2.24) is 10.3 Å². The average molecular weight is 395 g/mol. The minimum Gasteiger partial charge on any atom is -0.384 e. The van der Waals surface area contributed by atoms with Gasteiger partial charge in [-0.25, -0.2) is 4.98 Å². The number of rotatable bonds is 8. The molecule has 0 bridgehead atoms. The van der Waals surface area contributed by atoms with Crippen molar-refractivity contribution in [2.75, 3.05) is 23.1 Å². The second-order valence-electron chi connectivity index (χ2n) is 5.52. The molecule has 0 saturated carbocycles. The lowest BCUT2D eigenvalue weighted by molar-refractivity contribution is -0.126. The molecule has 1 atom stereocenters. The van der Waals surface area contributed by atoms with E-state index < -0.39 is 6.04 Å². The zero-order chi connectivity index (χ0) is 18.1. The number of pyridine rings is 1. The summed E-state index contributed by atoms with van der Waals surface area (Å²) in [6.45, 7) is 0. The van der Waals surface area contributed by atoms with Crippen molar-refractivity contribution < 1.29 is 9.59 Å². The van der Waals surface area contributed by atoms with Crippen LogP contribution in [0.5, 0.6) is 0 Å². The molecular weight excluding hydrogens is 372 g/mol. The molecule has 140 valence electrons. The monoisotopic (exact) mass is 394 g/mol. The standard InChI is InChI=1S/C18H22N4O2S.ClH/c1-25-10-9-15(18(24)21-14-7-8-16(19)20-12-14)22-17(23)11-13-5-3-2-4-6-13;/h2-8,12,15H,9-11H2,1H3,(H2,19,20)(H,21,24)(H,22,23);1H. The van der Waals surface area contributed by atoms with Gasteiger partial charge in [0.1, 0.15) is 11.9 Å². The summed E-state index contributed by atoms with van der Waals surface area (Å²) < 4.78 is 0. The summed E-state index contributed by atoms with van der Waals surface area (Å²) in [5, 5.41) is 5.59. The number of nitrogens with zero attached hydrogens (tertiary/aromatic N) is 1. The van der Waals surface area contributed by atoms with E-state index in [4.69, 9.17) is 5.73 Å². The number of thioether (sulfide) groups is 1. The number of halogens is 1. The maximum atomic E-state index is 12.5. The second-order valence-corrected chi connectivity index (χ2v) is 6.51. The summed E-state index contributed by atoms with van der Waals surface area (Å²) in [6, 6.07) is 12.1. The molecule has 0 fully saturated rings. The zero-order valence-corrected chi connectivity index (χ0v) is 16.1. The van der Waals surface area contributed by atoms with E-state index in [0.717, 1.165) is 11.3 Å². The van der Waals surface area contributed by atoms with Gasteiger partial charge in [-0.05, 0) is 36.1 Å². The Balaban J connectivity index is 0.00000338. The van der Waals surface area contributed by atoms with Crippen molar-refractivity contribution in [3.8, 4) is 0 Å². The number of anilines is 2. The van der Waals surface area contributed by atoms with Crippen molar-refractivity contribution in [1.29, 1.82) is 0 Å². The Morgan fingerprint density at radius 3 is 2.54 bits per heavy atom. The number of nitrogen functional groups attached to an aromatic ring is 1. The molecule has 1 unspecified atom stereocenters. The number of hydrogen-bond acceptors (Lipinski definition) is 5. The molecule has 1 aromatic carbocycles. The molecular formula is C18H23ClN4O2S. The molecule has 0 aliphatic carbocycles. The van der Waals surface area contributed by atoms with Gasteiger partial charge in [-0.15, -0.1) is 12.4 Å². The van der Waals surface area contributed by atoms with Crippen LogP contribution in [-0.2, 0) is 16.0 Å². The highest BCUT2D eigenvalue weighted by Crippen LogP contribution is 2.10. The van der Waals surface area contributed by atoms with Gasteiger partial charge >= 0.3 is 0 Å². The number of carbonyl (C=O) groups excluding carboxylic acids is 2. The van der Waals surface area contributed by atoms with Gasteiger partial charge < -0.3 is 16.4 Å². The van der Waals surface area contributed by atoms with Gasteiger partial charge in [0, 0.05) is 0 Å². The van der Waals surface area contributed by atoms with Crippen LogP contribution in [0.2, 0.25) is 0 Å². The number of amides is 2. The highest BCUT2D eigenvalue weighted by Gasteiger charge is 2.20. The fourth-order valence-electron chi connectivity index (χ4n) is 2.24. The molecule has 0 spiro atoms. The Kier molecular flexibility index (Phi) is 9.54. The molecule has 4 N–H and O–H groups in total. The Morgan fingerprint density at radius 2 is 1.92 bits per heavy atom. The predicted molar refractivity (Wildman–Crippen MR) is 110 cm³/mol. The lowest BCUT2D eigenvalue weighted by Crippen LogP contribution is -2.44. The lowest BCUT2D eigenvalue weighted by Gasteiger charge is -2.18. The highest BCUT2D eigenvalue weighted by atomic mass is 35.5. The number of carbonyl (C=O) groups is 2. The molecule has 0 aliphatic rings. The van der Waals surface area contributed by atoms with Gasteiger partial charge in [-0.2, -0.15) is 11.8 Å². The van der Waals surface area contributed by atoms with Gasteiger partial charge in [0.15, 0.2) is 0 Å². The molecule has 2 rings (SSSR count). The smallest absolute Gasteiger partial charge is 0.247 e. The topological polar surface area (TPSA) is 97.1 Å². The first kappa shape index (κ1) is 21.8. The maximum absolute atomic E-state index is 12.5. The van der Waals surface area contributed by atoms with Crippen LogP contribution in [0.15, 0.2) is 48.7 Å². The zero-order valence-electron chi connectivity index (χ0n) is 14.5. The number of nitrogens with two attached hydrogens (primary N) is 1. The van der Waals surface area contributed by atoms with E-state index in [0.29, 0.717) is 17.9 Å². The van der Waals surface area contributed by atoms with Gasteiger partial charge in [0.25, 0.3) is 0 Å². The first-order valence-electron chi connectivity index (χ1n) is 7.93. The van der Waals surface area contributed by atoms with Crippen molar-refractivity contribution in [3.05, 3.63) is 54.2 Å². The second kappa shape index (κ2) is 11.4. The summed E-state index contributed by atoms with van der Waals surface area (Å²) in [4.78, 5) is 28.7. The lowest BCUT2D eigenvalue weighted by atomic mass is 10.1. The molecule has 1 heterocycles. The third-order valence-corrected chi connectivity index (χ3v) is 4.17. The van der Waals surface area contributed by atoms with Gasteiger partial charge in [0.05, 0.1) is 18.3 Å².